The zero-order valence-corrected chi connectivity index (χ0v) is 12.8. The summed E-state index contributed by atoms with van der Waals surface area (Å²) in [6, 6.07) is 12.3. The van der Waals surface area contributed by atoms with Crippen LogP contribution in [-0.4, -0.2) is 23.7 Å². The molecule has 0 radical (unpaired) electrons. The molecule has 0 saturated heterocycles. The van der Waals surface area contributed by atoms with Gasteiger partial charge in [0.2, 0.25) is 0 Å². The Balaban J connectivity index is 1.99. The highest BCUT2D eigenvalue weighted by atomic mass is 16.6. The van der Waals surface area contributed by atoms with Gasteiger partial charge in [-0.25, -0.2) is 0 Å². The van der Waals surface area contributed by atoms with Crippen LogP contribution in [0.15, 0.2) is 46.9 Å². The zero-order valence-electron chi connectivity index (χ0n) is 12.8. The van der Waals surface area contributed by atoms with Crippen LogP contribution < -0.4 is 10.1 Å². The molecule has 0 fully saturated rings. The zero-order chi connectivity index (χ0) is 15.9. The molecule has 2 aromatic rings. The number of hydrogen-bond donors (Lipinski definition) is 2. The van der Waals surface area contributed by atoms with Crippen LogP contribution >= 0.6 is 0 Å². The quantitative estimate of drug-likeness (QED) is 0.824. The highest BCUT2D eigenvalue weighted by Gasteiger charge is 2.19. The largest absolute Gasteiger partial charge is 0.426 e. The number of carbonyl (C=O) groups is 1. The predicted molar refractivity (Wildman–Crippen MR) is 83.0 cm³/mol. The molecule has 0 aliphatic carbocycles. The van der Waals surface area contributed by atoms with Crippen molar-refractivity contribution >= 4 is 5.91 Å². The standard InChI is InChI=1S/C17H21NO4/c1-12(2)14(10-11-19)18-17(20)15-8-9-16(22-15)21-13-6-4-3-5-7-13/h3-9,12,14,19H,10-11H2,1-2H3,(H,18,20). The third-order valence-electron chi connectivity index (χ3n) is 3.33. The molecule has 1 amide bonds. The lowest BCUT2D eigenvalue weighted by Crippen LogP contribution is -2.39. The third-order valence-corrected chi connectivity index (χ3v) is 3.33. The van der Waals surface area contributed by atoms with Gasteiger partial charge >= 0.3 is 0 Å². The van der Waals surface area contributed by atoms with Crippen LogP contribution in [0.3, 0.4) is 0 Å². The van der Waals surface area contributed by atoms with Crippen molar-refractivity contribution < 1.29 is 19.1 Å². The van der Waals surface area contributed by atoms with E-state index >= 15 is 0 Å². The fraction of sp³-hybridized carbons (Fsp3) is 0.353. The molecule has 5 heteroatoms. The summed E-state index contributed by atoms with van der Waals surface area (Å²) in [5.74, 6) is 1.01. The van der Waals surface area contributed by atoms with E-state index in [2.05, 4.69) is 5.32 Å². The summed E-state index contributed by atoms with van der Waals surface area (Å²) in [5.41, 5.74) is 0. The second-order valence-corrected chi connectivity index (χ2v) is 5.37. The van der Waals surface area contributed by atoms with E-state index in [9.17, 15) is 4.79 Å². The Morgan fingerprint density at radius 1 is 1.23 bits per heavy atom. The lowest BCUT2D eigenvalue weighted by molar-refractivity contribution is 0.0883. The molecule has 2 rings (SSSR count). The predicted octanol–water partition coefficient (Wildman–Crippen LogP) is 3.21. The van der Waals surface area contributed by atoms with Crippen LogP contribution in [0.5, 0.6) is 11.7 Å². The summed E-state index contributed by atoms with van der Waals surface area (Å²) in [7, 11) is 0. The second-order valence-electron chi connectivity index (χ2n) is 5.37. The van der Waals surface area contributed by atoms with E-state index < -0.39 is 0 Å². The SMILES string of the molecule is CC(C)C(CCO)NC(=O)c1ccc(Oc2ccccc2)o1. The summed E-state index contributed by atoms with van der Waals surface area (Å²) in [4.78, 5) is 12.2. The van der Waals surface area contributed by atoms with Gasteiger partial charge in [0.05, 0.1) is 0 Å². The first kappa shape index (κ1) is 16.1. The first-order valence-electron chi connectivity index (χ1n) is 7.34. The number of ether oxygens (including phenoxy) is 1. The normalized spacial score (nSPS) is 12.2. The molecule has 1 aromatic carbocycles. The van der Waals surface area contributed by atoms with Crippen molar-refractivity contribution in [2.75, 3.05) is 6.61 Å². The van der Waals surface area contributed by atoms with Gasteiger partial charge in [-0.15, -0.1) is 0 Å². The molecule has 0 aliphatic heterocycles. The summed E-state index contributed by atoms with van der Waals surface area (Å²) in [5, 5.41) is 11.9. The topological polar surface area (TPSA) is 71.7 Å². The highest BCUT2D eigenvalue weighted by Crippen LogP contribution is 2.23. The number of aliphatic hydroxyl groups is 1. The van der Waals surface area contributed by atoms with E-state index in [-0.39, 0.29) is 36.2 Å². The van der Waals surface area contributed by atoms with Crippen LogP contribution in [0.4, 0.5) is 0 Å². The van der Waals surface area contributed by atoms with Crippen molar-refractivity contribution in [3.63, 3.8) is 0 Å². The monoisotopic (exact) mass is 303 g/mol. The van der Waals surface area contributed by atoms with Crippen molar-refractivity contribution in [3.8, 4) is 11.7 Å². The molecule has 5 nitrogen and oxygen atoms in total. The average molecular weight is 303 g/mol. The van der Waals surface area contributed by atoms with Crippen molar-refractivity contribution in [1.82, 2.24) is 5.32 Å². The number of aliphatic hydroxyl groups excluding tert-OH is 1. The first-order valence-corrected chi connectivity index (χ1v) is 7.34. The molecular formula is C17H21NO4. The van der Waals surface area contributed by atoms with Gasteiger partial charge < -0.3 is 19.6 Å². The Labute approximate surface area is 129 Å². The summed E-state index contributed by atoms with van der Waals surface area (Å²) in [6.07, 6.45) is 0.511. The maximum Gasteiger partial charge on any atom is 0.290 e. The number of carbonyl (C=O) groups excluding carboxylic acids is 1. The molecule has 1 heterocycles. The maximum atomic E-state index is 12.2. The smallest absolute Gasteiger partial charge is 0.290 e. The van der Waals surface area contributed by atoms with Crippen LogP contribution in [-0.2, 0) is 0 Å². The molecule has 1 aromatic heterocycles. The number of amides is 1. The van der Waals surface area contributed by atoms with Gasteiger partial charge in [-0.3, -0.25) is 4.79 Å². The third kappa shape index (κ3) is 4.36. The number of furan rings is 1. The number of para-hydroxylation sites is 1. The summed E-state index contributed by atoms with van der Waals surface area (Å²) >= 11 is 0. The minimum Gasteiger partial charge on any atom is -0.426 e. The van der Waals surface area contributed by atoms with E-state index in [1.165, 1.54) is 0 Å². The van der Waals surface area contributed by atoms with Gasteiger partial charge in [-0.05, 0) is 30.5 Å². The van der Waals surface area contributed by atoms with Crippen LogP contribution in [0, 0.1) is 5.92 Å². The minimum atomic E-state index is -0.310. The van der Waals surface area contributed by atoms with Crippen molar-refractivity contribution in [1.29, 1.82) is 0 Å². The molecule has 1 atom stereocenters. The Hall–Kier alpha value is -2.27. The average Bonchev–Trinajstić information content (AvgIpc) is 2.96. The van der Waals surface area contributed by atoms with Crippen LogP contribution in [0.1, 0.15) is 30.8 Å². The Morgan fingerprint density at radius 3 is 2.59 bits per heavy atom. The molecule has 0 spiro atoms. The summed E-state index contributed by atoms with van der Waals surface area (Å²) < 4.78 is 10.9. The fourth-order valence-corrected chi connectivity index (χ4v) is 2.05. The van der Waals surface area contributed by atoms with E-state index in [0.717, 1.165) is 0 Å². The van der Waals surface area contributed by atoms with Crippen molar-refractivity contribution in [2.45, 2.75) is 26.3 Å². The van der Waals surface area contributed by atoms with Crippen LogP contribution in [0.2, 0.25) is 0 Å². The molecule has 118 valence electrons. The fourth-order valence-electron chi connectivity index (χ4n) is 2.05. The Morgan fingerprint density at radius 2 is 1.95 bits per heavy atom. The molecule has 0 saturated carbocycles. The first-order chi connectivity index (χ1) is 10.6. The lowest BCUT2D eigenvalue weighted by atomic mass is 10.0. The van der Waals surface area contributed by atoms with E-state index in [0.29, 0.717) is 12.2 Å². The van der Waals surface area contributed by atoms with Gasteiger partial charge in [0, 0.05) is 18.7 Å². The van der Waals surface area contributed by atoms with E-state index in [4.69, 9.17) is 14.3 Å². The highest BCUT2D eigenvalue weighted by molar-refractivity contribution is 5.91. The molecule has 1 unspecified atom stereocenters. The van der Waals surface area contributed by atoms with Gasteiger partial charge in [0.15, 0.2) is 5.76 Å². The van der Waals surface area contributed by atoms with Gasteiger partial charge in [0.1, 0.15) is 5.75 Å². The van der Waals surface area contributed by atoms with Crippen LogP contribution in [0.25, 0.3) is 0 Å². The molecule has 0 aliphatic rings. The number of nitrogens with one attached hydrogen (secondary N) is 1. The number of hydrogen-bond acceptors (Lipinski definition) is 4. The molecular weight excluding hydrogens is 282 g/mol. The molecule has 22 heavy (non-hydrogen) atoms. The Kier molecular flexibility index (Phi) is 5.61. The maximum absolute atomic E-state index is 12.2. The second kappa shape index (κ2) is 7.66. The van der Waals surface area contributed by atoms with E-state index in [1.54, 1.807) is 24.3 Å². The molecule has 0 bridgehead atoms. The minimum absolute atomic E-state index is 0.0314. The van der Waals surface area contributed by atoms with E-state index in [1.807, 2.05) is 32.0 Å². The van der Waals surface area contributed by atoms with Gasteiger partial charge in [-0.2, -0.15) is 0 Å². The number of rotatable bonds is 7. The van der Waals surface area contributed by atoms with Gasteiger partial charge in [0.25, 0.3) is 11.9 Å². The van der Waals surface area contributed by atoms with Crippen molar-refractivity contribution in [3.05, 3.63) is 48.2 Å². The molecule has 2 N–H and O–H groups in total. The Bertz CT molecular complexity index is 592. The van der Waals surface area contributed by atoms with Crippen molar-refractivity contribution in [2.24, 2.45) is 5.92 Å². The van der Waals surface area contributed by atoms with Gasteiger partial charge in [-0.1, -0.05) is 32.0 Å². The lowest BCUT2D eigenvalue weighted by Gasteiger charge is -2.20. The summed E-state index contributed by atoms with van der Waals surface area (Å²) in [6.45, 7) is 4.02. The number of benzene rings is 1.